The number of rotatable bonds is 2. The summed E-state index contributed by atoms with van der Waals surface area (Å²) in [4.78, 5) is 12.4. The first kappa shape index (κ1) is 12.2. The van der Waals surface area contributed by atoms with Crippen molar-refractivity contribution in [3.05, 3.63) is 45.3 Å². The van der Waals surface area contributed by atoms with Gasteiger partial charge in [0.15, 0.2) is 0 Å². The highest BCUT2D eigenvalue weighted by atomic mass is 35.5. The highest BCUT2D eigenvalue weighted by Crippen LogP contribution is 2.22. The van der Waals surface area contributed by atoms with E-state index < -0.39 is 0 Å². The fraction of sp³-hybridized carbons (Fsp3) is 0.357. The van der Waals surface area contributed by atoms with Gasteiger partial charge in [0.05, 0.1) is 10.4 Å². The van der Waals surface area contributed by atoms with Crippen LogP contribution in [0.15, 0.2) is 29.1 Å². The second-order valence-electron chi connectivity index (χ2n) is 4.46. The minimum Gasteiger partial charge on any atom is -0.310 e. The van der Waals surface area contributed by atoms with Crippen LogP contribution in [0.1, 0.15) is 32.5 Å². The highest BCUT2D eigenvalue weighted by Gasteiger charge is 2.12. The number of pyridine rings is 1. The first-order valence-electron chi connectivity index (χ1n) is 5.89. The summed E-state index contributed by atoms with van der Waals surface area (Å²) in [7, 11) is 0. The summed E-state index contributed by atoms with van der Waals surface area (Å²) < 4.78 is 1.83. The van der Waals surface area contributed by atoms with Crippen LogP contribution >= 0.6 is 11.6 Å². The minimum absolute atomic E-state index is 0.0138. The Morgan fingerprint density at radius 3 is 2.65 bits per heavy atom. The molecule has 1 aromatic carbocycles. The van der Waals surface area contributed by atoms with E-state index in [0.717, 1.165) is 17.5 Å². The molecule has 0 N–H and O–H groups in total. The molecule has 2 aromatic rings. The number of hydrogen-bond acceptors (Lipinski definition) is 1. The molecule has 90 valence electrons. The van der Waals surface area contributed by atoms with Crippen molar-refractivity contribution in [2.24, 2.45) is 0 Å². The lowest BCUT2D eigenvalue weighted by atomic mass is 10.1. The number of halogens is 1. The van der Waals surface area contributed by atoms with Gasteiger partial charge in [-0.05, 0) is 37.8 Å². The smallest absolute Gasteiger partial charge is 0.260 e. The standard InChI is InChI=1S/C14H16ClNO/c1-4-11-8-10-6-5-7-12(15)13(10)14(17)16(11)9(2)3/h5-9H,4H2,1-3H3. The molecule has 2 nitrogen and oxygen atoms in total. The van der Waals surface area contributed by atoms with Crippen LogP contribution in [0.3, 0.4) is 0 Å². The fourth-order valence-electron chi connectivity index (χ4n) is 2.23. The zero-order valence-electron chi connectivity index (χ0n) is 10.3. The van der Waals surface area contributed by atoms with Gasteiger partial charge in [0.25, 0.3) is 5.56 Å². The lowest BCUT2D eigenvalue weighted by Gasteiger charge is -2.17. The number of benzene rings is 1. The van der Waals surface area contributed by atoms with Gasteiger partial charge in [0, 0.05) is 11.7 Å². The van der Waals surface area contributed by atoms with Crippen molar-refractivity contribution in [3.63, 3.8) is 0 Å². The Morgan fingerprint density at radius 1 is 1.35 bits per heavy atom. The molecule has 1 heterocycles. The lowest BCUT2D eigenvalue weighted by molar-refractivity contribution is 0.557. The molecule has 0 fully saturated rings. The molecule has 0 bridgehead atoms. The van der Waals surface area contributed by atoms with Crippen molar-refractivity contribution in [1.82, 2.24) is 4.57 Å². The van der Waals surface area contributed by atoms with Crippen LogP contribution in [0.25, 0.3) is 10.8 Å². The molecule has 0 amide bonds. The monoisotopic (exact) mass is 249 g/mol. The van der Waals surface area contributed by atoms with Crippen molar-refractivity contribution >= 4 is 22.4 Å². The Morgan fingerprint density at radius 2 is 2.06 bits per heavy atom. The largest absolute Gasteiger partial charge is 0.310 e. The summed E-state index contributed by atoms with van der Waals surface area (Å²) in [6.07, 6.45) is 0.843. The van der Waals surface area contributed by atoms with Gasteiger partial charge in [-0.15, -0.1) is 0 Å². The van der Waals surface area contributed by atoms with Crippen molar-refractivity contribution in [2.75, 3.05) is 0 Å². The van der Waals surface area contributed by atoms with E-state index in [1.165, 1.54) is 0 Å². The molecular weight excluding hydrogens is 234 g/mol. The number of aromatic nitrogens is 1. The number of nitrogens with zero attached hydrogens (tertiary/aromatic N) is 1. The van der Waals surface area contributed by atoms with Crippen molar-refractivity contribution in [1.29, 1.82) is 0 Å². The predicted octanol–water partition coefficient (Wildman–Crippen LogP) is 3.80. The van der Waals surface area contributed by atoms with E-state index >= 15 is 0 Å². The molecule has 0 atom stereocenters. The number of hydrogen-bond donors (Lipinski definition) is 0. The molecule has 0 aliphatic rings. The van der Waals surface area contributed by atoms with Gasteiger partial charge in [0.1, 0.15) is 0 Å². The summed E-state index contributed by atoms with van der Waals surface area (Å²) in [5, 5.41) is 2.08. The van der Waals surface area contributed by atoms with E-state index in [0.29, 0.717) is 10.4 Å². The van der Waals surface area contributed by atoms with E-state index in [4.69, 9.17) is 11.6 Å². The van der Waals surface area contributed by atoms with Crippen LogP contribution in [0, 0.1) is 0 Å². The Hall–Kier alpha value is -1.28. The quantitative estimate of drug-likeness (QED) is 0.794. The first-order valence-corrected chi connectivity index (χ1v) is 6.26. The van der Waals surface area contributed by atoms with Crippen LogP contribution in [0.4, 0.5) is 0 Å². The van der Waals surface area contributed by atoms with Gasteiger partial charge in [-0.25, -0.2) is 0 Å². The maximum absolute atomic E-state index is 12.4. The first-order chi connectivity index (χ1) is 8.06. The molecule has 2 rings (SSSR count). The van der Waals surface area contributed by atoms with Gasteiger partial charge >= 0.3 is 0 Å². The van der Waals surface area contributed by atoms with E-state index in [-0.39, 0.29) is 11.6 Å². The molecule has 0 saturated heterocycles. The van der Waals surface area contributed by atoms with Crippen LogP contribution in [-0.4, -0.2) is 4.57 Å². The molecule has 3 heteroatoms. The van der Waals surface area contributed by atoms with Crippen molar-refractivity contribution in [2.45, 2.75) is 33.2 Å². The molecule has 0 spiro atoms. The summed E-state index contributed by atoms with van der Waals surface area (Å²) in [6, 6.07) is 7.79. The molecule has 0 aliphatic carbocycles. The molecular formula is C14H16ClNO. The average molecular weight is 250 g/mol. The molecule has 17 heavy (non-hydrogen) atoms. The van der Waals surface area contributed by atoms with Gasteiger partial charge < -0.3 is 4.57 Å². The summed E-state index contributed by atoms with van der Waals surface area (Å²) in [5.74, 6) is 0. The molecule has 0 radical (unpaired) electrons. The molecule has 0 aliphatic heterocycles. The van der Waals surface area contributed by atoms with Crippen molar-refractivity contribution in [3.8, 4) is 0 Å². The summed E-state index contributed by atoms with van der Waals surface area (Å²) in [5.41, 5.74) is 1.07. The van der Waals surface area contributed by atoms with Gasteiger partial charge in [-0.3, -0.25) is 4.79 Å². The Kier molecular flexibility index (Phi) is 3.25. The van der Waals surface area contributed by atoms with Crippen LogP contribution in [0.5, 0.6) is 0 Å². The van der Waals surface area contributed by atoms with Gasteiger partial charge in [-0.1, -0.05) is 30.7 Å². The Bertz CT molecular complexity index is 613. The molecule has 0 saturated carbocycles. The van der Waals surface area contributed by atoms with Crippen LogP contribution in [0.2, 0.25) is 5.02 Å². The van der Waals surface area contributed by atoms with Crippen molar-refractivity contribution < 1.29 is 0 Å². The minimum atomic E-state index is 0.0138. The Balaban J connectivity index is 2.95. The van der Waals surface area contributed by atoms with Crippen LogP contribution < -0.4 is 5.56 Å². The maximum atomic E-state index is 12.4. The third-order valence-electron chi connectivity index (χ3n) is 2.99. The molecule has 0 unspecified atom stereocenters. The second-order valence-corrected chi connectivity index (χ2v) is 4.87. The topological polar surface area (TPSA) is 22.0 Å². The third kappa shape index (κ3) is 1.98. The fourth-order valence-corrected chi connectivity index (χ4v) is 2.49. The highest BCUT2D eigenvalue weighted by molar-refractivity contribution is 6.35. The summed E-state index contributed by atoms with van der Waals surface area (Å²) >= 11 is 6.12. The zero-order chi connectivity index (χ0) is 12.6. The van der Waals surface area contributed by atoms with E-state index in [9.17, 15) is 4.79 Å². The maximum Gasteiger partial charge on any atom is 0.260 e. The number of aryl methyl sites for hydroxylation is 1. The average Bonchev–Trinajstić information content (AvgIpc) is 2.27. The van der Waals surface area contributed by atoms with E-state index in [2.05, 4.69) is 13.0 Å². The lowest BCUT2D eigenvalue weighted by Crippen LogP contribution is -2.25. The van der Waals surface area contributed by atoms with Gasteiger partial charge in [-0.2, -0.15) is 0 Å². The zero-order valence-corrected chi connectivity index (χ0v) is 11.1. The van der Waals surface area contributed by atoms with Gasteiger partial charge in [0.2, 0.25) is 0 Å². The second kappa shape index (κ2) is 4.53. The van der Waals surface area contributed by atoms with E-state index in [1.54, 1.807) is 6.07 Å². The summed E-state index contributed by atoms with van der Waals surface area (Å²) in [6.45, 7) is 6.09. The normalized spacial score (nSPS) is 11.4. The third-order valence-corrected chi connectivity index (χ3v) is 3.30. The Labute approximate surface area is 106 Å². The SMILES string of the molecule is CCc1cc2cccc(Cl)c2c(=O)n1C(C)C. The van der Waals surface area contributed by atoms with Crippen LogP contribution in [-0.2, 0) is 6.42 Å². The molecule has 1 aromatic heterocycles. The predicted molar refractivity (Wildman–Crippen MR) is 73.0 cm³/mol. The van der Waals surface area contributed by atoms with E-state index in [1.807, 2.05) is 30.5 Å². The number of fused-ring (bicyclic) bond motifs is 1.